The van der Waals surface area contributed by atoms with Crippen LogP contribution in [0.5, 0.6) is 5.75 Å². The quantitative estimate of drug-likeness (QED) is 0.857. The van der Waals surface area contributed by atoms with E-state index in [9.17, 15) is 4.79 Å². The first kappa shape index (κ1) is 15.1. The van der Waals surface area contributed by atoms with Gasteiger partial charge in [-0.15, -0.1) is 0 Å². The van der Waals surface area contributed by atoms with E-state index in [0.717, 1.165) is 11.1 Å². The van der Waals surface area contributed by atoms with E-state index in [-0.39, 0.29) is 6.61 Å². The molecule has 4 nitrogen and oxygen atoms in total. The molecule has 0 spiro atoms. The minimum absolute atomic E-state index is 0.0590. The third kappa shape index (κ3) is 3.61. The fourth-order valence-electron chi connectivity index (χ4n) is 1.84. The van der Waals surface area contributed by atoms with Gasteiger partial charge < -0.3 is 15.2 Å². The molecule has 2 N–H and O–H groups in total. The zero-order valence-corrected chi connectivity index (χ0v) is 12.2. The van der Waals surface area contributed by atoms with Crippen LogP contribution in [0.25, 0.3) is 11.1 Å². The molecular weight excluding hydrogens is 266 g/mol. The molecule has 2 rings (SSSR count). The summed E-state index contributed by atoms with van der Waals surface area (Å²) in [7, 11) is 1.61. The van der Waals surface area contributed by atoms with Crippen LogP contribution < -0.4 is 10.1 Å². The molecular formula is C17H19NO3. The number of hydrogen-bond acceptors (Lipinski definition) is 3. The number of rotatable bonds is 6. The van der Waals surface area contributed by atoms with Crippen LogP contribution in [0.1, 0.15) is 6.92 Å². The third-order valence-corrected chi connectivity index (χ3v) is 3.51. The average molecular weight is 285 g/mol. The van der Waals surface area contributed by atoms with Crippen molar-refractivity contribution in [3.05, 3.63) is 54.6 Å². The van der Waals surface area contributed by atoms with Crippen molar-refractivity contribution in [3.63, 3.8) is 0 Å². The Bertz CT molecular complexity index is 595. The van der Waals surface area contributed by atoms with Gasteiger partial charge in [-0.1, -0.05) is 42.5 Å². The minimum Gasteiger partial charge on any atom is -0.491 e. The van der Waals surface area contributed by atoms with Gasteiger partial charge in [0.15, 0.2) is 0 Å². The molecule has 2 aromatic rings. The Morgan fingerprint density at radius 2 is 1.67 bits per heavy atom. The van der Waals surface area contributed by atoms with E-state index in [0.29, 0.717) is 5.75 Å². The second-order valence-electron chi connectivity index (χ2n) is 5.07. The highest BCUT2D eigenvalue weighted by Crippen LogP contribution is 2.22. The van der Waals surface area contributed by atoms with Crippen molar-refractivity contribution in [2.24, 2.45) is 0 Å². The summed E-state index contributed by atoms with van der Waals surface area (Å²) < 4.78 is 5.57. The highest BCUT2D eigenvalue weighted by Gasteiger charge is 2.32. The van der Waals surface area contributed by atoms with Crippen molar-refractivity contribution in [2.75, 3.05) is 13.7 Å². The molecule has 0 heterocycles. The molecule has 110 valence electrons. The van der Waals surface area contributed by atoms with Gasteiger partial charge >= 0.3 is 5.97 Å². The molecule has 1 atom stereocenters. The monoisotopic (exact) mass is 285 g/mol. The molecule has 21 heavy (non-hydrogen) atoms. The first-order chi connectivity index (χ1) is 10.0. The Labute approximate surface area is 124 Å². The number of hydrogen-bond donors (Lipinski definition) is 2. The van der Waals surface area contributed by atoms with Gasteiger partial charge in [-0.05, 0) is 37.2 Å². The van der Waals surface area contributed by atoms with Gasteiger partial charge in [0.25, 0.3) is 0 Å². The van der Waals surface area contributed by atoms with E-state index in [1.807, 2.05) is 54.6 Å². The fraction of sp³-hybridized carbons (Fsp3) is 0.235. The van der Waals surface area contributed by atoms with Crippen molar-refractivity contribution in [1.82, 2.24) is 5.32 Å². The van der Waals surface area contributed by atoms with Crippen molar-refractivity contribution < 1.29 is 14.6 Å². The second kappa shape index (κ2) is 6.41. The Balaban J connectivity index is 2.05. The van der Waals surface area contributed by atoms with Crippen molar-refractivity contribution in [3.8, 4) is 16.9 Å². The maximum absolute atomic E-state index is 11.2. The summed E-state index contributed by atoms with van der Waals surface area (Å²) in [6.45, 7) is 1.65. The van der Waals surface area contributed by atoms with E-state index in [1.165, 1.54) is 0 Å². The van der Waals surface area contributed by atoms with Gasteiger partial charge in [-0.25, -0.2) is 0 Å². The topological polar surface area (TPSA) is 58.6 Å². The molecule has 0 radical (unpaired) electrons. The summed E-state index contributed by atoms with van der Waals surface area (Å²) in [5, 5.41) is 11.9. The molecule has 0 aliphatic rings. The normalized spacial score (nSPS) is 13.4. The predicted molar refractivity (Wildman–Crippen MR) is 82.5 cm³/mol. The first-order valence-electron chi connectivity index (χ1n) is 6.76. The van der Waals surface area contributed by atoms with Crippen molar-refractivity contribution in [2.45, 2.75) is 12.5 Å². The van der Waals surface area contributed by atoms with Gasteiger partial charge in [-0.2, -0.15) is 0 Å². The number of carboxylic acids is 1. The number of nitrogens with one attached hydrogen (secondary N) is 1. The van der Waals surface area contributed by atoms with Gasteiger partial charge in [-0.3, -0.25) is 4.79 Å². The lowest BCUT2D eigenvalue weighted by Gasteiger charge is -2.24. The minimum atomic E-state index is -1.10. The highest BCUT2D eigenvalue weighted by atomic mass is 16.5. The molecule has 1 unspecified atom stereocenters. The number of likely N-dealkylation sites (N-methyl/N-ethyl adjacent to an activating group) is 1. The molecule has 0 bridgehead atoms. The number of carbonyl (C=O) groups is 1. The Hall–Kier alpha value is -2.33. The van der Waals surface area contributed by atoms with Crippen LogP contribution in [0.2, 0.25) is 0 Å². The van der Waals surface area contributed by atoms with Crippen LogP contribution in [-0.4, -0.2) is 30.3 Å². The lowest BCUT2D eigenvalue weighted by Crippen LogP contribution is -2.52. The predicted octanol–water partition coefficient (Wildman–Crippen LogP) is 2.80. The molecule has 0 fully saturated rings. The Kier molecular flexibility index (Phi) is 4.60. The smallest absolute Gasteiger partial charge is 0.327 e. The molecule has 0 aliphatic carbocycles. The van der Waals surface area contributed by atoms with E-state index >= 15 is 0 Å². The lowest BCUT2D eigenvalue weighted by atomic mass is 10.0. The van der Waals surface area contributed by atoms with Crippen molar-refractivity contribution in [1.29, 1.82) is 0 Å². The molecule has 2 aromatic carbocycles. The van der Waals surface area contributed by atoms with Gasteiger partial charge in [0.1, 0.15) is 17.9 Å². The highest BCUT2D eigenvalue weighted by molar-refractivity contribution is 5.78. The molecule has 4 heteroatoms. The number of benzene rings is 2. The lowest BCUT2D eigenvalue weighted by molar-refractivity contribution is -0.145. The van der Waals surface area contributed by atoms with Crippen LogP contribution in [0, 0.1) is 0 Å². The summed E-state index contributed by atoms with van der Waals surface area (Å²) in [6, 6.07) is 17.7. The van der Waals surface area contributed by atoms with Crippen LogP contribution in [0.4, 0.5) is 0 Å². The molecule has 0 aliphatic heterocycles. The standard InChI is InChI=1S/C17H19NO3/c1-17(18-2,16(19)20)12-21-15-10-8-14(9-11-15)13-6-4-3-5-7-13/h3-11,18H,12H2,1-2H3,(H,19,20). The summed E-state index contributed by atoms with van der Waals surface area (Å²) in [4.78, 5) is 11.2. The average Bonchev–Trinajstić information content (AvgIpc) is 2.53. The van der Waals surface area contributed by atoms with E-state index in [4.69, 9.17) is 9.84 Å². The van der Waals surface area contributed by atoms with E-state index in [2.05, 4.69) is 5.32 Å². The summed E-state index contributed by atoms with van der Waals surface area (Å²) >= 11 is 0. The SMILES string of the molecule is CNC(C)(COc1ccc(-c2ccccc2)cc1)C(=O)O. The molecule has 0 aromatic heterocycles. The van der Waals surface area contributed by atoms with Crippen LogP contribution in [0.15, 0.2) is 54.6 Å². The zero-order chi connectivity index (χ0) is 15.3. The first-order valence-corrected chi connectivity index (χ1v) is 6.76. The maximum atomic E-state index is 11.2. The van der Waals surface area contributed by atoms with Crippen LogP contribution in [-0.2, 0) is 4.79 Å². The van der Waals surface area contributed by atoms with E-state index < -0.39 is 11.5 Å². The van der Waals surface area contributed by atoms with Gasteiger partial charge in [0, 0.05) is 0 Å². The molecule has 0 amide bonds. The molecule has 0 saturated carbocycles. The third-order valence-electron chi connectivity index (χ3n) is 3.51. The summed E-state index contributed by atoms with van der Waals surface area (Å²) in [5.41, 5.74) is 1.13. The summed E-state index contributed by atoms with van der Waals surface area (Å²) in [6.07, 6.45) is 0. The van der Waals surface area contributed by atoms with Crippen molar-refractivity contribution >= 4 is 5.97 Å². The molecule has 0 saturated heterocycles. The second-order valence-corrected chi connectivity index (χ2v) is 5.07. The number of ether oxygens (including phenoxy) is 1. The van der Waals surface area contributed by atoms with Crippen LogP contribution >= 0.6 is 0 Å². The fourth-order valence-corrected chi connectivity index (χ4v) is 1.84. The Morgan fingerprint density at radius 3 is 2.19 bits per heavy atom. The van der Waals surface area contributed by atoms with Gasteiger partial charge in [0.2, 0.25) is 0 Å². The summed E-state index contributed by atoms with van der Waals surface area (Å²) in [5.74, 6) is -0.289. The maximum Gasteiger partial charge on any atom is 0.327 e. The Morgan fingerprint density at radius 1 is 1.10 bits per heavy atom. The number of carboxylic acid groups (broad SMARTS) is 1. The van der Waals surface area contributed by atoms with Gasteiger partial charge in [0.05, 0.1) is 0 Å². The largest absolute Gasteiger partial charge is 0.491 e. The zero-order valence-electron chi connectivity index (χ0n) is 12.2. The number of aliphatic carboxylic acids is 1. The van der Waals surface area contributed by atoms with Crippen LogP contribution in [0.3, 0.4) is 0 Å². The van der Waals surface area contributed by atoms with E-state index in [1.54, 1.807) is 14.0 Å².